The van der Waals surface area contributed by atoms with Gasteiger partial charge in [0.15, 0.2) is 0 Å². The third-order valence-corrected chi connectivity index (χ3v) is 10.6. The molecule has 3 rings (SSSR count). The van der Waals surface area contributed by atoms with E-state index in [2.05, 4.69) is 89.8 Å². The smallest absolute Gasteiger partial charge is 0.490 e. The Hall–Kier alpha value is -1.82. The summed E-state index contributed by atoms with van der Waals surface area (Å²) in [6.45, 7) is 17.7. The van der Waals surface area contributed by atoms with E-state index in [1.165, 1.54) is 10.8 Å². The Morgan fingerprint density at radius 2 is 1.45 bits per heavy atom. The monoisotopic (exact) mass is 408 g/mol. The summed E-state index contributed by atoms with van der Waals surface area (Å²) in [6.07, 6.45) is 0. The molecule has 1 atom stereocenters. The van der Waals surface area contributed by atoms with Crippen LogP contribution in [0.4, 0.5) is 0 Å². The molecule has 1 heterocycles. The number of rotatable bonds is 6. The zero-order chi connectivity index (χ0) is 21.4. The molecule has 2 aromatic carbocycles. The van der Waals surface area contributed by atoms with Gasteiger partial charge in [-0.3, -0.25) is 0 Å². The minimum atomic E-state index is -2.00. The second-order valence-corrected chi connectivity index (χ2v) is 14.1. The Balaban J connectivity index is 2.04. The predicted octanol–water partition coefficient (Wildman–Crippen LogP) is 5.12. The zero-order valence-electron chi connectivity index (χ0n) is 18.8. The highest BCUT2D eigenvalue weighted by molar-refractivity contribution is 6.92. The maximum absolute atomic E-state index is 6.38. The van der Waals surface area contributed by atoms with E-state index in [1.54, 1.807) is 7.11 Å². The second-order valence-electron chi connectivity index (χ2n) is 9.46. The zero-order valence-corrected chi connectivity index (χ0v) is 19.8. The lowest BCUT2D eigenvalue weighted by Gasteiger charge is -2.36. The van der Waals surface area contributed by atoms with Gasteiger partial charge in [0, 0.05) is 5.54 Å². The van der Waals surface area contributed by atoms with Gasteiger partial charge in [-0.05, 0) is 50.9 Å². The van der Waals surface area contributed by atoms with Gasteiger partial charge in [-0.2, -0.15) is 0 Å². The molecule has 1 aliphatic rings. The minimum absolute atomic E-state index is 0.144. The van der Waals surface area contributed by atoms with E-state index in [9.17, 15) is 0 Å². The topological polar surface area (TPSA) is 27.7 Å². The van der Waals surface area contributed by atoms with Crippen LogP contribution in [0, 0.1) is 0 Å². The number of ether oxygens (including phenoxy) is 1. The van der Waals surface area contributed by atoms with Crippen molar-refractivity contribution in [3.05, 3.63) is 72.2 Å². The van der Waals surface area contributed by atoms with Crippen LogP contribution in [0.5, 0.6) is 5.75 Å². The molecule has 0 aliphatic carbocycles. The van der Waals surface area contributed by atoms with Crippen molar-refractivity contribution in [1.29, 1.82) is 0 Å². The van der Waals surface area contributed by atoms with Gasteiger partial charge in [0.2, 0.25) is 0 Å². The summed E-state index contributed by atoms with van der Waals surface area (Å²) in [5, 5.41) is 1.39. The summed E-state index contributed by atoms with van der Waals surface area (Å²) in [4.78, 5) is 0. The van der Waals surface area contributed by atoms with Crippen molar-refractivity contribution < 1.29 is 14.0 Å². The molecule has 1 aliphatic heterocycles. The van der Waals surface area contributed by atoms with Crippen LogP contribution in [0.3, 0.4) is 0 Å². The van der Waals surface area contributed by atoms with Crippen molar-refractivity contribution >= 4 is 20.4 Å². The fraction of sp³-hybridized carbons (Fsp3) is 0.417. The van der Waals surface area contributed by atoms with Crippen LogP contribution in [0.25, 0.3) is 0 Å². The Kier molecular flexibility index (Phi) is 5.87. The first-order valence-corrected chi connectivity index (χ1v) is 13.3. The Bertz CT molecular complexity index is 843. The van der Waals surface area contributed by atoms with Crippen LogP contribution in [0.1, 0.15) is 38.8 Å². The van der Waals surface area contributed by atoms with Gasteiger partial charge in [-0.1, -0.05) is 60.7 Å². The van der Waals surface area contributed by atoms with E-state index < -0.39 is 15.2 Å². The molecule has 0 radical (unpaired) electrons. The molecule has 1 saturated heterocycles. The molecule has 0 amide bonds. The van der Waals surface area contributed by atoms with Crippen molar-refractivity contribution in [2.75, 3.05) is 7.11 Å². The quantitative estimate of drug-likeness (QED) is 0.621. The summed E-state index contributed by atoms with van der Waals surface area (Å²) < 4.78 is 18.1. The van der Waals surface area contributed by atoms with Crippen LogP contribution in [0.2, 0.25) is 13.1 Å². The van der Waals surface area contributed by atoms with E-state index >= 15 is 0 Å². The maximum Gasteiger partial charge on any atom is 0.490 e. The number of allylic oxidation sites excluding steroid dienone is 1. The largest absolute Gasteiger partial charge is 0.497 e. The van der Waals surface area contributed by atoms with Crippen LogP contribution >= 0.6 is 0 Å². The number of methoxy groups -OCH3 is 1. The van der Waals surface area contributed by atoms with Crippen molar-refractivity contribution in [2.45, 2.75) is 57.5 Å². The molecular formula is C24H33BO3Si. The van der Waals surface area contributed by atoms with Gasteiger partial charge < -0.3 is 14.0 Å². The summed E-state index contributed by atoms with van der Waals surface area (Å²) in [5.74, 6) is 0.855. The van der Waals surface area contributed by atoms with Gasteiger partial charge >= 0.3 is 7.12 Å². The molecule has 1 fully saturated rings. The SMILES string of the molecule is C=C(B1OC(C)(C)C(C)(C)O1)C(c1ccc(OC)cc1)[Si](C)(C)c1ccccc1. The molecule has 0 spiro atoms. The third kappa shape index (κ3) is 4.09. The lowest BCUT2D eigenvalue weighted by atomic mass is 9.75. The summed E-state index contributed by atoms with van der Waals surface area (Å²) >= 11 is 0. The molecule has 5 heteroatoms. The standard InChI is InChI=1S/C24H33BO3Si/c1-18(25-27-23(2,3)24(4,5)28-25)22(19-14-16-20(26-6)17-15-19)29(7,8)21-12-10-9-11-13-21/h9-17,22H,1H2,2-8H3. The Morgan fingerprint density at radius 3 is 1.93 bits per heavy atom. The first-order valence-electron chi connectivity index (χ1n) is 10.2. The summed E-state index contributed by atoms with van der Waals surface area (Å²) in [6, 6.07) is 19.1. The average molecular weight is 408 g/mol. The maximum atomic E-state index is 6.38. The fourth-order valence-corrected chi connectivity index (χ4v) is 7.53. The van der Waals surface area contributed by atoms with E-state index in [1.807, 2.05) is 12.1 Å². The molecular weight excluding hydrogens is 375 g/mol. The average Bonchev–Trinajstić information content (AvgIpc) is 2.90. The Morgan fingerprint density at radius 1 is 0.931 bits per heavy atom. The minimum Gasteiger partial charge on any atom is -0.497 e. The van der Waals surface area contributed by atoms with Crippen molar-refractivity contribution in [2.24, 2.45) is 0 Å². The molecule has 1 unspecified atom stereocenters. The van der Waals surface area contributed by atoms with Gasteiger partial charge in [0.05, 0.1) is 26.4 Å². The first kappa shape index (κ1) is 21.9. The second kappa shape index (κ2) is 7.78. The van der Waals surface area contributed by atoms with Crippen molar-refractivity contribution in [3.8, 4) is 5.75 Å². The van der Waals surface area contributed by atoms with Crippen molar-refractivity contribution in [3.63, 3.8) is 0 Å². The normalized spacial score (nSPS) is 19.1. The number of hydrogen-bond acceptors (Lipinski definition) is 3. The molecule has 154 valence electrons. The summed E-state index contributed by atoms with van der Waals surface area (Å²) in [5.41, 5.74) is 1.60. The Labute approximate surface area is 177 Å². The highest BCUT2D eigenvalue weighted by Crippen LogP contribution is 2.43. The summed E-state index contributed by atoms with van der Waals surface area (Å²) in [7, 11) is -0.736. The molecule has 29 heavy (non-hydrogen) atoms. The highest BCUT2D eigenvalue weighted by Gasteiger charge is 2.54. The molecule has 2 aromatic rings. The van der Waals surface area contributed by atoms with Gasteiger partial charge in [-0.25, -0.2) is 0 Å². The van der Waals surface area contributed by atoms with Crippen LogP contribution in [0.15, 0.2) is 66.6 Å². The molecule has 3 nitrogen and oxygen atoms in total. The highest BCUT2D eigenvalue weighted by atomic mass is 28.3. The predicted molar refractivity (Wildman–Crippen MR) is 125 cm³/mol. The van der Waals surface area contributed by atoms with Gasteiger partial charge in [0.1, 0.15) is 5.75 Å². The first-order chi connectivity index (χ1) is 13.5. The fourth-order valence-electron chi connectivity index (χ4n) is 4.06. The van der Waals surface area contributed by atoms with E-state index in [4.69, 9.17) is 14.0 Å². The third-order valence-electron chi connectivity index (χ3n) is 6.62. The van der Waals surface area contributed by atoms with E-state index in [0.717, 1.165) is 11.2 Å². The molecule has 0 saturated carbocycles. The molecule has 0 aromatic heterocycles. The van der Waals surface area contributed by atoms with Gasteiger partial charge in [-0.15, -0.1) is 6.58 Å². The number of benzene rings is 2. The van der Waals surface area contributed by atoms with Crippen LogP contribution in [-0.4, -0.2) is 33.5 Å². The number of hydrogen-bond donors (Lipinski definition) is 0. The van der Waals surface area contributed by atoms with Crippen LogP contribution < -0.4 is 9.92 Å². The molecule has 0 bridgehead atoms. The van der Waals surface area contributed by atoms with Gasteiger partial charge in [0.25, 0.3) is 0 Å². The molecule has 0 N–H and O–H groups in total. The van der Waals surface area contributed by atoms with E-state index in [-0.39, 0.29) is 16.7 Å². The van der Waals surface area contributed by atoms with E-state index in [0.29, 0.717) is 0 Å². The lowest BCUT2D eigenvalue weighted by molar-refractivity contribution is 0.00578. The van der Waals surface area contributed by atoms with Crippen molar-refractivity contribution in [1.82, 2.24) is 0 Å². The lowest BCUT2D eigenvalue weighted by Crippen LogP contribution is -2.50. The van der Waals surface area contributed by atoms with Crippen LogP contribution in [-0.2, 0) is 9.31 Å².